The Morgan fingerprint density at radius 3 is 2.82 bits per heavy atom. The first-order valence-electron chi connectivity index (χ1n) is 5.79. The second kappa shape index (κ2) is 5.19. The lowest BCUT2D eigenvalue weighted by molar-refractivity contribution is -0.140. The van der Waals surface area contributed by atoms with Gasteiger partial charge in [0.2, 0.25) is 0 Å². The molecule has 1 saturated carbocycles. The number of aryl methyl sites for hydroxylation is 1. The lowest BCUT2D eigenvalue weighted by atomic mass is 10.1. The van der Waals surface area contributed by atoms with Crippen LogP contribution in [0.2, 0.25) is 0 Å². The second-order valence-corrected chi connectivity index (χ2v) is 5.47. The van der Waals surface area contributed by atoms with Crippen molar-refractivity contribution in [1.82, 2.24) is 5.32 Å². The fraction of sp³-hybridized carbons (Fsp3) is 0.462. The molecule has 1 aromatic rings. The molecule has 92 valence electrons. The van der Waals surface area contributed by atoms with Gasteiger partial charge in [0.15, 0.2) is 0 Å². The summed E-state index contributed by atoms with van der Waals surface area (Å²) in [5, 5.41) is 12.2. The van der Waals surface area contributed by atoms with Crippen LogP contribution in [0.25, 0.3) is 0 Å². The number of carboxylic acids is 1. The van der Waals surface area contributed by atoms with E-state index in [1.54, 1.807) is 0 Å². The standard InChI is InChI=1S/C13H16BrNO2/c1-8-2-3-9(6-11(8)14)7-15-12(13(16)17)10-4-5-10/h2-3,6,10,12,15H,4-5,7H2,1H3,(H,16,17). The molecule has 17 heavy (non-hydrogen) atoms. The molecule has 1 unspecified atom stereocenters. The highest BCUT2D eigenvalue weighted by Gasteiger charge is 2.35. The van der Waals surface area contributed by atoms with Crippen LogP contribution in [-0.4, -0.2) is 17.1 Å². The summed E-state index contributed by atoms with van der Waals surface area (Å²) >= 11 is 3.48. The third-order valence-electron chi connectivity index (χ3n) is 3.12. The maximum Gasteiger partial charge on any atom is 0.320 e. The van der Waals surface area contributed by atoms with Gasteiger partial charge in [-0.25, -0.2) is 0 Å². The molecule has 1 atom stereocenters. The molecule has 2 rings (SSSR count). The van der Waals surface area contributed by atoms with Gasteiger partial charge in [0.25, 0.3) is 0 Å². The van der Waals surface area contributed by atoms with Gasteiger partial charge in [-0.1, -0.05) is 28.1 Å². The van der Waals surface area contributed by atoms with Crippen LogP contribution in [0.1, 0.15) is 24.0 Å². The third kappa shape index (κ3) is 3.30. The van der Waals surface area contributed by atoms with E-state index in [1.807, 2.05) is 25.1 Å². The van der Waals surface area contributed by atoms with Crippen molar-refractivity contribution >= 4 is 21.9 Å². The number of hydrogen-bond acceptors (Lipinski definition) is 2. The fourth-order valence-corrected chi connectivity index (χ4v) is 2.29. The topological polar surface area (TPSA) is 49.3 Å². The second-order valence-electron chi connectivity index (χ2n) is 4.62. The van der Waals surface area contributed by atoms with E-state index in [0.29, 0.717) is 12.5 Å². The first-order valence-corrected chi connectivity index (χ1v) is 6.58. The summed E-state index contributed by atoms with van der Waals surface area (Å²) in [5.41, 5.74) is 2.29. The molecule has 0 heterocycles. The maximum absolute atomic E-state index is 11.1. The molecule has 3 nitrogen and oxygen atoms in total. The Hall–Kier alpha value is -0.870. The zero-order valence-corrected chi connectivity index (χ0v) is 11.3. The molecule has 4 heteroatoms. The molecule has 1 aliphatic rings. The van der Waals surface area contributed by atoms with E-state index >= 15 is 0 Å². The lowest BCUT2D eigenvalue weighted by Gasteiger charge is -2.13. The van der Waals surface area contributed by atoms with Crippen molar-refractivity contribution in [2.45, 2.75) is 32.4 Å². The highest BCUT2D eigenvalue weighted by atomic mass is 79.9. The summed E-state index contributed by atoms with van der Waals surface area (Å²) in [6.45, 7) is 2.64. The number of rotatable bonds is 5. The van der Waals surface area contributed by atoms with Crippen LogP contribution in [-0.2, 0) is 11.3 Å². The molecule has 1 aromatic carbocycles. The molecule has 1 fully saturated rings. The van der Waals surface area contributed by atoms with Crippen molar-refractivity contribution < 1.29 is 9.90 Å². The number of carbonyl (C=O) groups is 1. The van der Waals surface area contributed by atoms with Gasteiger partial charge in [-0.05, 0) is 42.9 Å². The van der Waals surface area contributed by atoms with Crippen LogP contribution in [0, 0.1) is 12.8 Å². The van der Waals surface area contributed by atoms with Gasteiger partial charge >= 0.3 is 5.97 Å². The summed E-state index contributed by atoms with van der Waals surface area (Å²) in [6.07, 6.45) is 2.06. The van der Waals surface area contributed by atoms with E-state index in [4.69, 9.17) is 5.11 Å². The predicted octanol–water partition coefficient (Wildman–Crippen LogP) is 2.71. The third-order valence-corrected chi connectivity index (χ3v) is 3.98. The number of halogens is 1. The van der Waals surface area contributed by atoms with E-state index in [-0.39, 0.29) is 0 Å². The SMILES string of the molecule is Cc1ccc(CNC(C(=O)O)C2CC2)cc1Br. The Morgan fingerprint density at radius 2 is 2.29 bits per heavy atom. The Morgan fingerprint density at radius 1 is 1.59 bits per heavy atom. The summed E-state index contributed by atoms with van der Waals surface area (Å²) in [5.74, 6) is -0.417. The minimum Gasteiger partial charge on any atom is -0.480 e. The Bertz CT molecular complexity index is 429. The van der Waals surface area contributed by atoms with Crippen LogP contribution in [0.5, 0.6) is 0 Å². The van der Waals surface area contributed by atoms with Crippen molar-refractivity contribution in [3.8, 4) is 0 Å². The largest absolute Gasteiger partial charge is 0.480 e. The Labute approximate surface area is 109 Å². The van der Waals surface area contributed by atoms with Crippen LogP contribution in [0.3, 0.4) is 0 Å². The minimum atomic E-state index is -0.737. The average Bonchev–Trinajstić information content (AvgIpc) is 3.07. The minimum absolute atomic E-state index is 0.321. The Kier molecular flexibility index (Phi) is 3.84. The van der Waals surface area contributed by atoms with Crippen LogP contribution in [0.4, 0.5) is 0 Å². The van der Waals surface area contributed by atoms with Gasteiger partial charge in [-0.15, -0.1) is 0 Å². The molecule has 0 amide bonds. The lowest BCUT2D eigenvalue weighted by Crippen LogP contribution is -2.38. The van der Waals surface area contributed by atoms with Gasteiger partial charge < -0.3 is 10.4 Å². The van der Waals surface area contributed by atoms with E-state index in [9.17, 15) is 4.79 Å². The zero-order valence-electron chi connectivity index (χ0n) is 9.74. The van der Waals surface area contributed by atoms with Crippen molar-refractivity contribution in [2.24, 2.45) is 5.92 Å². The summed E-state index contributed by atoms with van der Waals surface area (Å²) < 4.78 is 1.06. The highest BCUT2D eigenvalue weighted by molar-refractivity contribution is 9.10. The highest BCUT2D eigenvalue weighted by Crippen LogP contribution is 2.32. The van der Waals surface area contributed by atoms with Gasteiger partial charge in [0.05, 0.1) is 0 Å². The van der Waals surface area contributed by atoms with E-state index in [2.05, 4.69) is 21.2 Å². The molecule has 0 bridgehead atoms. The predicted molar refractivity (Wildman–Crippen MR) is 69.9 cm³/mol. The zero-order chi connectivity index (χ0) is 12.4. The van der Waals surface area contributed by atoms with Crippen molar-refractivity contribution in [3.63, 3.8) is 0 Å². The van der Waals surface area contributed by atoms with Gasteiger partial charge in [-0.2, -0.15) is 0 Å². The normalized spacial score (nSPS) is 16.8. The number of aliphatic carboxylic acids is 1. The molecule has 1 aliphatic carbocycles. The quantitative estimate of drug-likeness (QED) is 0.878. The molecular weight excluding hydrogens is 282 g/mol. The molecule has 0 spiro atoms. The smallest absolute Gasteiger partial charge is 0.320 e. The first kappa shape index (κ1) is 12.6. The average molecular weight is 298 g/mol. The number of nitrogens with one attached hydrogen (secondary N) is 1. The molecule has 0 saturated heterocycles. The molecule has 2 N–H and O–H groups in total. The van der Waals surface area contributed by atoms with E-state index < -0.39 is 12.0 Å². The van der Waals surface area contributed by atoms with Crippen molar-refractivity contribution in [2.75, 3.05) is 0 Å². The van der Waals surface area contributed by atoms with Crippen LogP contribution in [0.15, 0.2) is 22.7 Å². The monoisotopic (exact) mass is 297 g/mol. The Balaban J connectivity index is 1.96. The number of carboxylic acid groups (broad SMARTS) is 1. The summed E-state index contributed by atoms with van der Waals surface area (Å²) in [7, 11) is 0. The molecule has 0 aromatic heterocycles. The van der Waals surface area contributed by atoms with Crippen molar-refractivity contribution in [3.05, 3.63) is 33.8 Å². The summed E-state index contributed by atoms with van der Waals surface area (Å²) in [4.78, 5) is 11.1. The molecule has 0 aliphatic heterocycles. The fourth-order valence-electron chi connectivity index (χ4n) is 1.86. The van der Waals surface area contributed by atoms with Gasteiger partial charge in [-0.3, -0.25) is 4.79 Å². The maximum atomic E-state index is 11.1. The van der Waals surface area contributed by atoms with Crippen LogP contribution < -0.4 is 5.32 Å². The van der Waals surface area contributed by atoms with Gasteiger partial charge in [0.1, 0.15) is 6.04 Å². The van der Waals surface area contributed by atoms with Crippen LogP contribution >= 0.6 is 15.9 Å². The number of hydrogen-bond donors (Lipinski definition) is 2. The molecular formula is C13H16BrNO2. The van der Waals surface area contributed by atoms with Crippen molar-refractivity contribution in [1.29, 1.82) is 0 Å². The van der Waals surface area contributed by atoms with E-state index in [1.165, 1.54) is 5.56 Å². The summed E-state index contributed by atoms with van der Waals surface area (Å²) in [6, 6.07) is 5.70. The van der Waals surface area contributed by atoms with Gasteiger partial charge in [0, 0.05) is 11.0 Å². The van der Waals surface area contributed by atoms with E-state index in [0.717, 1.165) is 22.9 Å². The molecule has 0 radical (unpaired) electrons. The first-order chi connectivity index (χ1) is 8.08. The number of benzene rings is 1.